The van der Waals surface area contributed by atoms with Gasteiger partial charge in [-0.1, -0.05) is 6.07 Å². The van der Waals surface area contributed by atoms with Crippen molar-refractivity contribution in [1.82, 2.24) is 5.32 Å². The van der Waals surface area contributed by atoms with Crippen molar-refractivity contribution >= 4 is 33.3 Å². The number of rotatable bonds is 4. The first-order valence-electron chi connectivity index (χ1n) is 6.70. The minimum atomic E-state index is -0.584. The maximum atomic E-state index is 13.8. The fourth-order valence-corrected chi connectivity index (χ4v) is 3.26. The molecule has 1 saturated carbocycles. The Balaban J connectivity index is 1.73. The molecule has 0 unspecified atom stereocenters. The van der Waals surface area contributed by atoms with Crippen LogP contribution in [0.15, 0.2) is 18.2 Å². The van der Waals surface area contributed by atoms with Crippen LogP contribution in [0.4, 0.5) is 4.39 Å². The highest BCUT2D eigenvalue weighted by molar-refractivity contribution is 7.21. The number of thiophene rings is 1. The second-order valence-corrected chi connectivity index (χ2v) is 6.14. The van der Waals surface area contributed by atoms with E-state index in [0.717, 1.165) is 12.8 Å². The third kappa shape index (κ3) is 2.90. The Morgan fingerprint density at radius 2 is 2.19 bits per heavy atom. The van der Waals surface area contributed by atoms with Crippen molar-refractivity contribution in [3.05, 3.63) is 34.5 Å². The summed E-state index contributed by atoms with van der Waals surface area (Å²) in [7, 11) is 0. The van der Waals surface area contributed by atoms with Crippen LogP contribution in [0, 0.1) is 12.7 Å². The van der Waals surface area contributed by atoms with Gasteiger partial charge in [0, 0.05) is 16.1 Å². The summed E-state index contributed by atoms with van der Waals surface area (Å²) < 4.78 is 19.5. The Morgan fingerprint density at radius 1 is 1.43 bits per heavy atom. The molecular weight excluding hydrogens is 293 g/mol. The van der Waals surface area contributed by atoms with Gasteiger partial charge in [-0.15, -0.1) is 11.3 Å². The van der Waals surface area contributed by atoms with Crippen molar-refractivity contribution in [3.63, 3.8) is 0 Å². The lowest BCUT2D eigenvalue weighted by Crippen LogP contribution is -2.30. The molecule has 3 rings (SSSR count). The average Bonchev–Trinajstić information content (AvgIpc) is 3.19. The van der Waals surface area contributed by atoms with Gasteiger partial charge in [0.25, 0.3) is 5.91 Å². The first-order chi connectivity index (χ1) is 10.1. The van der Waals surface area contributed by atoms with E-state index in [2.05, 4.69) is 5.32 Å². The molecule has 2 aromatic rings. The molecule has 21 heavy (non-hydrogen) atoms. The van der Waals surface area contributed by atoms with Crippen molar-refractivity contribution in [1.29, 1.82) is 0 Å². The number of ether oxygens (including phenoxy) is 1. The smallest absolute Gasteiger partial charge is 0.349 e. The third-order valence-electron chi connectivity index (χ3n) is 3.37. The van der Waals surface area contributed by atoms with E-state index in [9.17, 15) is 14.0 Å². The molecule has 6 heteroatoms. The Kier molecular flexibility index (Phi) is 3.63. The van der Waals surface area contributed by atoms with E-state index in [4.69, 9.17) is 4.74 Å². The van der Waals surface area contributed by atoms with Crippen molar-refractivity contribution in [3.8, 4) is 0 Å². The van der Waals surface area contributed by atoms with E-state index < -0.39 is 5.97 Å². The standard InChI is InChI=1S/C15H14FNO3S/c1-8-13-10(16)3-2-4-11(13)21-14(8)15(19)20-7-12(18)17-9-5-6-9/h2-4,9H,5-7H2,1H3,(H,17,18). The van der Waals surface area contributed by atoms with Gasteiger partial charge in [0.2, 0.25) is 0 Å². The summed E-state index contributed by atoms with van der Waals surface area (Å²) in [5, 5.41) is 3.18. The van der Waals surface area contributed by atoms with Gasteiger partial charge in [0.05, 0.1) is 0 Å². The first-order valence-corrected chi connectivity index (χ1v) is 7.52. The first kappa shape index (κ1) is 14.0. The fraction of sp³-hybridized carbons (Fsp3) is 0.333. The van der Waals surface area contributed by atoms with Crippen LogP contribution >= 0.6 is 11.3 Å². The van der Waals surface area contributed by atoms with Gasteiger partial charge in [-0.3, -0.25) is 4.79 Å². The summed E-state index contributed by atoms with van der Waals surface area (Å²) in [6.07, 6.45) is 1.96. The zero-order chi connectivity index (χ0) is 15.0. The summed E-state index contributed by atoms with van der Waals surface area (Å²) in [6.45, 7) is 1.38. The topological polar surface area (TPSA) is 55.4 Å². The summed E-state index contributed by atoms with van der Waals surface area (Å²) >= 11 is 1.18. The quantitative estimate of drug-likeness (QED) is 0.884. The number of aryl methyl sites for hydroxylation is 1. The Bertz CT molecular complexity index is 721. The highest BCUT2D eigenvalue weighted by Crippen LogP contribution is 2.32. The third-order valence-corrected chi connectivity index (χ3v) is 4.60. The molecule has 1 aromatic carbocycles. The second-order valence-electron chi connectivity index (χ2n) is 5.09. The molecule has 1 heterocycles. The molecule has 1 aliphatic rings. The molecule has 1 fully saturated rings. The zero-order valence-corrected chi connectivity index (χ0v) is 12.3. The van der Waals surface area contributed by atoms with Gasteiger partial charge in [0.15, 0.2) is 6.61 Å². The van der Waals surface area contributed by atoms with E-state index in [0.29, 0.717) is 20.5 Å². The van der Waals surface area contributed by atoms with Gasteiger partial charge >= 0.3 is 5.97 Å². The second kappa shape index (κ2) is 5.44. The number of hydrogen-bond donors (Lipinski definition) is 1. The molecule has 0 spiro atoms. The van der Waals surface area contributed by atoms with Crippen LogP contribution in [0.2, 0.25) is 0 Å². The van der Waals surface area contributed by atoms with Crippen molar-refractivity contribution in [2.75, 3.05) is 6.61 Å². The normalized spacial score (nSPS) is 14.2. The van der Waals surface area contributed by atoms with Crippen molar-refractivity contribution in [2.24, 2.45) is 0 Å². The summed E-state index contributed by atoms with van der Waals surface area (Å²) in [4.78, 5) is 23.9. The number of esters is 1. The maximum Gasteiger partial charge on any atom is 0.349 e. The minimum Gasteiger partial charge on any atom is -0.451 e. The maximum absolute atomic E-state index is 13.8. The Hall–Kier alpha value is -1.95. The molecule has 1 aliphatic carbocycles. The lowest BCUT2D eigenvalue weighted by Gasteiger charge is -2.04. The van der Waals surface area contributed by atoms with Crippen LogP contribution in [-0.4, -0.2) is 24.5 Å². The van der Waals surface area contributed by atoms with Crippen LogP contribution in [0.3, 0.4) is 0 Å². The largest absolute Gasteiger partial charge is 0.451 e. The van der Waals surface area contributed by atoms with Crippen LogP contribution < -0.4 is 5.32 Å². The van der Waals surface area contributed by atoms with Gasteiger partial charge in [-0.25, -0.2) is 9.18 Å². The predicted molar refractivity (Wildman–Crippen MR) is 78.0 cm³/mol. The predicted octanol–water partition coefficient (Wildman–Crippen LogP) is 2.78. The molecule has 0 atom stereocenters. The van der Waals surface area contributed by atoms with E-state index >= 15 is 0 Å². The molecular formula is C15H14FNO3S. The zero-order valence-electron chi connectivity index (χ0n) is 11.4. The highest BCUT2D eigenvalue weighted by atomic mass is 32.1. The van der Waals surface area contributed by atoms with Gasteiger partial charge < -0.3 is 10.1 Å². The van der Waals surface area contributed by atoms with Gasteiger partial charge in [0.1, 0.15) is 10.7 Å². The highest BCUT2D eigenvalue weighted by Gasteiger charge is 2.24. The van der Waals surface area contributed by atoms with Crippen molar-refractivity contribution in [2.45, 2.75) is 25.8 Å². The minimum absolute atomic E-state index is 0.233. The van der Waals surface area contributed by atoms with Gasteiger partial charge in [-0.2, -0.15) is 0 Å². The molecule has 4 nitrogen and oxygen atoms in total. The van der Waals surface area contributed by atoms with E-state index in [-0.39, 0.29) is 24.4 Å². The van der Waals surface area contributed by atoms with E-state index in [1.807, 2.05) is 0 Å². The average molecular weight is 307 g/mol. The van der Waals surface area contributed by atoms with Crippen LogP contribution in [0.5, 0.6) is 0 Å². The molecule has 1 N–H and O–H groups in total. The number of benzene rings is 1. The summed E-state index contributed by atoms with van der Waals surface area (Å²) in [6, 6.07) is 4.95. The molecule has 0 bridgehead atoms. The lowest BCUT2D eigenvalue weighted by atomic mass is 10.1. The Morgan fingerprint density at radius 3 is 2.86 bits per heavy atom. The molecule has 0 radical (unpaired) electrons. The summed E-state index contributed by atoms with van der Waals surface area (Å²) in [5.74, 6) is -1.23. The van der Waals surface area contributed by atoms with E-state index in [1.165, 1.54) is 17.4 Å². The molecule has 0 aliphatic heterocycles. The van der Waals surface area contributed by atoms with Crippen LogP contribution in [-0.2, 0) is 9.53 Å². The van der Waals surface area contributed by atoms with Crippen molar-refractivity contribution < 1.29 is 18.7 Å². The van der Waals surface area contributed by atoms with Crippen LogP contribution in [0.1, 0.15) is 28.1 Å². The fourth-order valence-electron chi connectivity index (χ4n) is 2.14. The number of carbonyl (C=O) groups excluding carboxylic acids is 2. The Labute approximate surface area is 124 Å². The number of fused-ring (bicyclic) bond motifs is 1. The monoisotopic (exact) mass is 307 g/mol. The lowest BCUT2D eigenvalue weighted by molar-refractivity contribution is -0.124. The van der Waals surface area contributed by atoms with E-state index in [1.54, 1.807) is 19.1 Å². The molecule has 110 valence electrons. The molecule has 1 amide bonds. The number of amides is 1. The number of nitrogens with one attached hydrogen (secondary N) is 1. The number of hydrogen-bond acceptors (Lipinski definition) is 4. The molecule has 0 saturated heterocycles. The summed E-state index contributed by atoms with van der Waals surface area (Å²) in [5.41, 5.74) is 0.556. The SMILES string of the molecule is Cc1c(C(=O)OCC(=O)NC2CC2)sc2cccc(F)c12. The van der Waals surface area contributed by atoms with Gasteiger partial charge in [-0.05, 0) is 37.5 Å². The number of carbonyl (C=O) groups is 2. The molecule has 1 aromatic heterocycles. The number of halogens is 1. The van der Waals surface area contributed by atoms with Crippen LogP contribution in [0.25, 0.3) is 10.1 Å².